The van der Waals surface area contributed by atoms with Crippen LogP contribution in [0.1, 0.15) is 12.5 Å². The summed E-state index contributed by atoms with van der Waals surface area (Å²) < 4.78 is 0.778. The molecule has 88 valence electrons. The van der Waals surface area contributed by atoms with Gasteiger partial charge in [0.05, 0.1) is 6.61 Å². The van der Waals surface area contributed by atoms with E-state index in [1.165, 1.54) is 13.3 Å². The third-order valence-electron chi connectivity index (χ3n) is 2.34. The summed E-state index contributed by atoms with van der Waals surface area (Å²) in [4.78, 5) is 2.07. The van der Waals surface area contributed by atoms with E-state index in [1.807, 2.05) is 31.2 Å². The van der Waals surface area contributed by atoms with E-state index in [0.29, 0.717) is 6.54 Å². The van der Waals surface area contributed by atoms with Gasteiger partial charge in [-0.05, 0) is 31.2 Å². The first-order valence-corrected chi connectivity index (χ1v) is 5.38. The molecule has 1 N–H and O–H groups in total. The van der Waals surface area contributed by atoms with E-state index in [2.05, 4.69) is 4.90 Å². The second-order valence-electron chi connectivity index (χ2n) is 3.57. The molecular weight excluding hydrogens is 204 g/mol. The van der Waals surface area contributed by atoms with Crippen LogP contribution in [0.25, 0.3) is 0 Å². The minimum atomic E-state index is 0.144. The highest BCUT2D eigenvalue weighted by Gasteiger charge is 2.02. The van der Waals surface area contributed by atoms with Crippen LogP contribution < -0.4 is 4.90 Å². The predicted molar refractivity (Wildman–Crippen MR) is 66.1 cm³/mol. The first-order valence-electron chi connectivity index (χ1n) is 5.38. The van der Waals surface area contributed by atoms with Crippen LogP contribution >= 0.6 is 0 Å². The highest BCUT2D eigenvalue weighted by molar-refractivity contribution is 5.76. The molecule has 4 heteroatoms. The van der Waals surface area contributed by atoms with Gasteiger partial charge in [0.2, 0.25) is 0 Å². The molecule has 0 fully saturated rings. The van der Waals surface area contributed by atoms with E-state index in [9.17, 15) is 5.21 Å². The minimum absolute atomic E-state index is 0.144. The Hall–Kier alpha value is -1.55. The fourth-order valence-electron chi connectivity index (χ4n) is 1.57. The Kier molecular flexibility index (Phi) is 4.79. The lowest BCUT2D eigenvalue weighted by Crippen LogP contribution is -2.25. The van der Waals surface area contributed by atoms with Gasteiger partial charge in [0.25, 0.3) is 0 Å². The van der Waals surface area contributed by atoms with Crippen LogP contribution in [0.2, 0.25) is 0 Å². The quantitative estimate of drug-likeness (QED) is 0.351. The molecule has 0 aliphatic rings. The molecule has 4 nitrogen and oxygen atoms in total. The zero-order valence-electron chi connectivity index (χ0n) is 9.76. The van der Waals surface area contributed by atoms with Crippen molar-refractivity contribution in [3.05, 3.63) is 35.0 Å². The van der Waals surface area contributed by atoms with Crippen LogP contribution in [0.5, 0.6) is 0 Å². The molecule has 0 atom stereocenters. The molecule has 0 spiro atoms. The SMILES string of the molecule is CCN(CCO)c1ccc(/C=[N+](/C)[O-])cc1. The lowest BCUT2D eigenvalue weighted by molar-refractivity contribution is -0.416. The Labute approximate surface area is 96.0 Å². The summed E-state index contributed by atoms with van der Waals surface area (Å²) in [7, 11) is 1.46. The average Bonchev–Trinajstić information content (AvgIpc) is 2.26. The van der Waals surface area contributed by atoms with Crippen molar-refractivity contribution in [3.8, 4) is 0 Å². The van der Waals surface area contributed by atoms with Crippen molar-refractivity contribution in [1.29, 1.82) is 0 Å². The van der Waals surface area contributed by atoms with Gasteiger partial charge < -0.3 is 15.2 Å². The first-order chi connectivity index (χ1) is 7.67. The Morgan fingerprint density at radius 2 is 2.00 bits per heavy atom. The van der Waals surface area contributed by atoms with E-state index in [1.54, 1.807) is 0 Å². The summed E-state index contributed by atoms with van der Waals surface area (Å²) >= 11 is 0. The van der Waals surface area contributed by atoms with Crippen LogP contribution in [0.15, 0.2) is 24.3 Å². The molecule has 0 bridgehead atoms. The third-order valence-corrected chi connectivity index (χ3v) is 2.34. The van der Waals surface area contributed by atoms with Crippen molar-refractivity contribution in [3.63, 3.8) is 0 Å². The Morgan fingerprint density at radius 1 is 1.38 bits per heavy atom. The van der Waals surface area contributed by atoms with E-state index in [4.69, 9.17) is 5.11 Å². The monoisotopic (exact) mass is 222 g/mol. The summed E-state index contributed by atoms with van der Waals surface area (Å²) in [5, 5.41) is 19.7. The molecule has 0 heterocycles. The third kappa shape index (κ3) is 3.55. The average molecular weight is 222 g/mol. The molecule has 0 radical (unpaired) electrons. The molecule has 0 saturated carbocycles. The molecule has 0 aliphatic heterocycles. The Morgan fingerprint density at radius 3 is 2.44 bits per heavy atom. The van der Waals surface area contributed by atoms with Gasteiger partial charge in [-0.2, -0.15) is 0 Å². The van der Waals surface area contributed by atoms with Crippen molar-refractivity contribution in [2.45, 2.75) is 6.92 Å². The van der Waals surface area contributed by atoms with Gasteiger partial charge in [0, 0.05) is 24.3 Å². The summed E-state index contributed by atoms with van der Waals surface area (Å²) in [5.41, 5.74) is 1.93. The topological polar surface area (TPSA) is 49.5 Å². The molecule has 0 aliphatic carbocycles. The number of aliphatic hydroxyl groups is 1. The normalized spacial score (nSPS) is 11.6. The number of hydroxylamine groups is 1. The second kappa shape index (κ2) is 6.12. The smallest absolute Gasteiger partial charge is 0.181 e. The van der Waals surface area contributed by atoms with Crippen LogP contribution in [-0.4, -0.2) is 42.8 Å². The lowest BCUT2D eigenvalue weighted by atomic mass is 10.2. The van der Waals surface area contributed by atoms with Crippen LogP contribution in [0.3, 0.4) is 0 Å². The first kappa shape index (κ1) is 12.5. The van der Waals surface area contributed by atoms with Crippen molar-refractivity contribution >= 4 is 11.9 Å². The highest BCUT2D eigenvalue weighted by Crippen LogP contribution is 2.13. The van der Waals surface area contributed by atoms with Crippen LogP contribution in [0.4, 0.5) is 5.69 Å². The van der Waals surface area contributed by atoms with E-state index in [0.717, 1.165) is 22.5 Å². The molecule has 1 rings (SSSR count). The number of aliphatic hydroxyl groups excluding tert-OH is 1. The number of anilines is 1. The number of nitrogens with zero attached hydrogens (tertiary/aromatic N) is 2. The second-order valence-corrected chi connectivity index (χ2v) is 3.57. The van der Waals surface area contributed by atoms with Crippen molar-refractivity contribution in [2.75, 3.05) is 31.6 Å². The number of rotatable bonds is 5. The van der Waals surface area contributed by atoms with Crippen molar-refractivity contribution in [2.24, 2.45) is 0 Å². The summed E-state index contributed by atoms with van der Waals surface area (Å²) in [6.07, 6.45) is 1.52. The van der Waals surface area contributed by atoms with Gasteiger partial charge >= 0.3 is 0 Å². The largest absolute Gasteiger partial charge is 0.624 e. The highest BCUT2D eigenvalue weighted by atomic mass is 16.5. The maximum absolute atomic E-state index is 10.8. The van der Waals surface area contributed by atoms with Gasteiger partial charge in [-0.1, -0.05) is 0 Å². The summed E-state index contributed by atoms with van der Waals surface area (Å²) in [5.74, 6) is 0. The van der Waals surface area contributed by atoms with Gasteiger partial charge in [-0.3, -0.25) is 0 Å². The zero-order valence-corrected chi connectivity index (χ0v) is 9.76. The van der Waals surface area contributed by atoms with Crippen LogP contribution in [0, 0.1) is 5.21 Å². The van der Waals surface area contributed by atoms with Crippen molar-refractivity contribution in [1.82, 2.24) is 0 Å². The number of hydrogen-bond donors (Lipinski definition) is 1. The van der Waals surface area contributed by atoms with E-state index < -0.39 is 0 Å². The number of hydrogen-bond acceptors (Lipinski definition) is 3. The summed E-state index contributed by atoms with van der Waals surface area (Å²) in [6, 6.07) is 7.69. The van der Waals surface area contributed by atoms with Gasteiger partial charge in [0.15, 0.2) is 6.21 Å². The fourth-order valence-corrected chi connectivity index (χ4v) is 1.57. The maximum atomic E-state index is 10.8. The van der Waals surface area contributed by atoms with Crippen LogP contribution in [-0.2, 0) is 0 Å². The van der Waals surface area contributed by atoms with Gasteiger partial charge in [-0.15, -0.1) is 0 Å². The molecule has 0 aromatic heterocycles. The molecule has 1 aromatic rings. The van der Waals surface area contributed by atoms with E-state index in [-0.39, 0.29) is 6.61 Å². The fraction of sp³-hybridized carbons (Fsp3) is 0.417. The van der Waals surface area contributed by atoms with Gasteiger partial charge in [0.1, 0.15) is 7.05 Å². The van der Waals surface area contributed by atoms with Gasteiger partial charge in [-0.25, -0.2) is 4.74 Å². The molecule has 0 amide bonds. The van der Waals surface area contributed by atoms with Crippen molar-refractivity contribution < 1.29 is 9.85 Å². The Bertz CT molecular complexity index is 343. The molecule has 16 heavy (non-hydrogen) atoms. The number of benzene rings is 1. The molecule has 1 aromatic carbocycles. The standard InChI is InChI=1S/C12H18N2O2/c1-3-14(8-9-15)12-6-4-11(5-7-12)10-13(2)16/h4-7,10,15H,3,8-9H2,1-2H3/b13-10-. The lowest BCUT2D eigenvalue weighted by Gasteiger charge is -2.21. The molecule has 0 saturated heterocycles. The minimum Gasteiger partial charge on any atom is -0.624 e. The maximum Gasteiger partial charge on any atom is 0.181 e. The zero-order chi connectivity index (χ0) is 12.0. The molecule has 0 unspecified atom stereocenters. The van der Waals surface area contributed by atoms with E-state index >= 15 is 0 Å². The Balaban J connectivity index is 2.80. The summed E-state index contributed by atoms with van der Waals surface area (Å²) in [6.45, 7) is 3.66. The molecular formula is C12H18N2O2. The predicted octanol–water partition coefficient (Wildman–Crippen LogP) is 1.06. The number of likely N-dealkylation sites (N-methyl/N-ethyl adjacent to an activating group) is 1.